The number of ether oxygens (including phenoxy) is 1. The second kappa shape index (κ2) is 9.49. The van der Waals surface area contributed by atoms with Crippen molar-refractivity contribution in [1.82, 2.24) is 4.98 Å². The number of benzene rings is 2. The first-order valence-electron chi connectivity index (χ1n) is 8.98. The first kappa shape index (κ1) is 21.4. The zero-order chi connectivity index (χ0) is 21.0. The number of anilines is 1. The van der Waals surface area contributed by atoms with Crippen LogP contribution in [0.2, 0.25) is 15.1 Å². The first-order valence-corrected chi connectivity index (χ1v) is 10.1. The number of rotatable bonds is 6. The number of pyridine rings is 1. The van der Waals surface area contributed by atoms with E-state index >= 15 is 0 Å². The average Bonchev–Trinajstić information content (AvgIpc) is 2.66. The van der Waals surface area contributed by atoms with Crippen molar-refractivity contribution in [3.63, 3.8) is 0 Å². The Morgan fingerprint density at radius 3 is 2.41 bits per heavy atom. The lowest BCUT2D eigenvalue weighted by atomic mass is 10.0. The second-order valence-corrected chi connectivity index (χ2v) is 8.02. The van der Waals surface area contributed by atoms with Crippen molar-refractivity contribution in [3.05, 3.63) is 81.1 Å². The molecule has 0 bridgehead atoms. The fraction of sp³-hybridized carbons (Fsp3) is 0.182. The molecule has 0 aliphatic rings. The fourth-order valence-corrected chi connectivity index (χ4v) is 3.67. The monoisotopic (exact) mass is 448 g/mol. The van der Waals surface area contributed by atoms with Gasteiger partial charge in [0.1, 0.15) is 5.75 Å². The molecule has 0 aliphatic carbocycles. The van der Waals surface area contributed by atoms with Crippen molar-refractivity contribution < 1.29 is 9.53 Å². The van der Waals surface area contributed by atoms with E-state index in [-0.39, 0.29) is 28.3 Å². The molecular formula is C22H19Cl3N2O2. The summed E-state index contributed by atoms with van der Waals surface area (Å²) in [7, 11) is 0. The molecule has 1 amide bonds. The maximum atomic E-state index is 12.2. The third-order valence-electron chi connectivity index (χ3n) is 4.18. The number of amides is 1. The lowest BCUT2D eigenvalue weighted by Crippen LogP contribution is -2.14. The highest BCUT2D eigenvalue weighted by Gasteiger charge is 2.14. The summed E-state index contributed by atoms with van der Waals surface area (Å²) in [5, 5.41) is 4.04. The van der Waals surface area contributed by atoms with Crippen molar-refractivity contribution in [3.8, 4) is 11.5 Å². The summed E-state index contributed by atoms with van der Waals surface area (Å²) < 4.78 is 5.90. The number of hydrogen-bond acceptors (Lipinski definition) is 3. The molecule has 29 heavy (non-hydrogen) atoms. The van der Waals surface area contributed by atoms with E-state index in [0.29, 0.717) is 22.2 Å². The average molecular weight is 450 g/mol. The SMILES string of the molecule is CC(C)c1cc(Oc2c(Cl)cc(NC(=O)Cc3cccnc3)cc2Cl)ccc1Cl. The maximum Gasteiger partial charge on any atom is 0.228 e. The Kier molecular flexibility index (Phi) is 7.01. The molecule has 0 saturated heterocycles. The van der Waals surface area contributed by atoms with E-state index in [4.69, 9.17) is 39.5 Å². The smallest absolute Gasteiger partial charge is 0.228 e. The van der Waals surface area contributed by atoms with Gasteiger partial charge in [-0.3, -0.25) is 9.78 Å². The van der Waals surface area contributed by atoms with Gasteiger partial charge in [0.25, 0.3) is 0 Å². The van der Waals surface area contributed by atoms with E-state index < -0.39 is 0 Å². The summed E-state index contributed by atoms with van der Waals surface area (Å²) in [6.07, 6.45) is 3.50. The number of aromatic nitrogens is 1. The van der Waals surface area contributed by atoms with Gasteiger partial charge in [0.15, 0.2) is 5.75 Å². The Morgan fingerprint density at radius 1 is 1.07 bits per heavy atom. The van der Waals surface area contributed by atoms with Crippen LogP contribution in [-0.4, -0.2) is 10.9 Å². The number of carbonyl (C=O) groups excluding carboxylic acids is 1. The zero-order valence-corrected chi connectivity index (χ0v) is 18.1. The highest BCUT2D eigenvalue weighted by molar-refractivity contribution is 6.37. The van der Waals surface area contributed by atoms with Gasteiger partial charge in [-0.1, -0.05) is 54.7 Å². The van der Waals surface area contributed by atoms with Crippen LogP contribution in [0.4, 0.5) is 5.69 Å². The summed E-state index contributed by atoms with van der Waals surface area (Å²) in [4.78, 5) is 16.2. The molecular weight excluding hydrogens is 431 g/mol. The Morgan fingerprint density at radius 2 is 1.79 bits per heavy atom. The fourth-order valence-electron chi connectivity index (χ4n) is 2.77. The predicted molar refractivity (Wildman–Crippen MR) is 119 cm³/mol. The number of nitrogens with zero attached hydrogens (tertiary/aromatic N) is 1. The van der Waals surface area contributed by atoms with Crippen molar-refractivity contribution >= 4 is 46.4 Å². The molecule has 7 heteroatoms. The van der Waals surface area contributed by atoms with Gasteiger partial charge < -0.3 is 10.1 Å². The van der Waals surface area contributed by atoms with E-state index in [1.165, 1.54) is 0 Å². The highest BCUT2D eigenvalue weighted by atomic mass is 35.5. The minimum absolute atomic E-state index is 0.196. The Hall–Kier alpha value is -2.27. The Bertz CT molecular complexity index is 1000. The molecule has 1 heterocycles. The maximum absolute atomic E-state index is 12.2. The summed E-state index contributed by atoms with van der Waals surface area (Å²) >= 11 is 19.0. The molecule has 1 N–H and O–H groups in total. The van der Waals surface area contributed by atoms with Crippen LogP contribution in [-0.2, 0) is 11.2 Å². The van der Waals surface area contributed by atoms with Gasteiger partial charge in [-0.05, 0) is 53.4 Å². The topological polar surface area (TPSA) is 51.2 Å². The molecule has 0 atom stereocenters. The molecule has 0 spiro atoms. The molecule has 1 aromatic heterocycles. The van der Waals surface area contributed by atoms with Crippen LogP contribution >= 0.6 is 34.8 Å². The molecule has 3 rings (SSSR count). The van der Waals surface area contributed by atoms with E-state index in [2.05, 4.69) is 10.3 Å². The van der Waals surface area contributed by atoms with Gasteiger partial charge in [0.05, 0.1) is 16.5 Å². The van der Waals surface area contributed by atoms with Crippen LogP contribution < -0.4 is 10.1 Å². The van der Waals surface area contributed by atoms with Crippen molar-refractivity contribution in [1.29, 1.82) is 0 Å². The number of hydrogen-bond donors (Lipinski definition) is 1. The number of nitrogens with one attached hydrogen (secondary N) is 1. The van der Waals surface area contributed by atoms with E-state index in [1.807, 2.05) is 26.0 Å². The third-order valence-corrected chi connectivity index (χ3v) is 5.08. The van der Waals surface area contributed by atoms with Crippen LogP contribution in [0.3, 0.4) is 0 Å². The van der Waals surface area contributed by atoms with Crippen LogP contribution in [0.5, 0.6) is 11.5 Å². The largest absolute Gasteiger partial charge is 0.454 e. The van der Waals surface area contributed by atoms with Crippen LogP contribution in [0.1, 0.15) is 30.9 Å². The minimum atomic E-state index is -0.196. The molecule has 0 unspecified atom stereocenters. The molecule has 0 radical (unpaired) electrons. The molecule has 0 saturated carbocycles. The standard InChI is InChI=1S/C22H19Cl3N2O2/c1-13(2)17-11-16(5-6-18(17)23)29-22-19(24)9-15(10-20(22)25)27-21(28)8-14-4-3-7-26-12-14/h3-7,9-13H,8H2,1-2H3,(H,27,28). The van der Waals surface area contributed by atoms with E-state index in [9.17, 15) is 4.79 Å². The quantitative estimate of drug-likeness (QED) is 0.435. The van der Waals surface area contributed by atoms with Gasteiger partial charge in [-0.25, -0.2) is 0 Å². The second-order valence-electron chi connectivity index (χ2n) is 6.80. The van der Waals surface area contributed by atoms with Crippen molar-refractivity contribution in [2.45, 2.75) is 26.2 Å². The van der Waals surface area contributed by atoms with E-state index in [0.717, 1.165) is 11.1 Å². The van der Waals surface area contributed by atoms with Crippen LogP contribution in [0, 0.1) is 0 Å². The van der Waals surface area contributed by atoms with Gasteiger partial charge in [0.2, 0.25) is 5.91 Å². The molecule has 3 aromatic rings. The molecule has 0 aliphatic heterocycles. The summed E-state index contributed by atoms with van der Waals surface area (Å²) in [6.45, 7) is 4.10. The summed E-state index contributed by atoms with van der Waals surface area (Å²) in [6, 6.07) is 12.2. The lowest BCUT2D eigenvalue weighted by molar-refractivity contribution is -0.115. The number of carbonyl (C=O) groups is 1. The van der Waals surface area contributed by atoms with E-state index in [1.54, 1.807) is 42.7 Å². The third kappa shape index (κ3) is 5.63. The molecule has 0 fully saturated rings. The lowest BCUT2D eigenvalue weighted by Gasteiger charge is -2.14. The summed E-state index contributed by atoms with van der Waals surface area (Å²) in [5.74, 6) is 0.943. The van der Waals surface area contributed by atoms with Crippen molar-refractivity contribution in [2.75, 3.05) is 5.32 Å². The molecule has 4 nitrogen and oxygen atoms in total. The van der Waals surface area contributed by atoms with Crippen molar-refractivity contribution in [2.24, 2.45) is 0 Å². The Labute approximate surface area is 184 Å². The Balaban J connectivity index is 1.76. The highest BCUT2D eigenvalue weighted by Crippen LogP contribution is 2.40. The van der Waals surface area contributed by atoms with Gasteiger partial charge in [0, 0.05) is 23.1 Å². The normalized spacial score (nSPS) is 10.8. The predicted octanol–water partition coefficient (Wildman–Crippen LogP) is 7.14. The van der Waals surface area contributed by atoms with Gasteiger partial charge in [-0.2, -0.15) is 0 Å². The van der Waals surface area contributed by atoms with Gasteiger partial charge >= 0.3 is 0 Å². The zero-order valence-electron chi connectivity index (χ0n) is 15.9. The first-order chi connectivity index (χ1) is 13.8. The van der Waals surface area contributed by atoms with Crippen LogP contribution in [0.25, 0.3) is 0 Å². The molecule has 150 valence electrons. The van der Waals surface area contributed by atoms with Gasteiger partial charge in [-0.15, -0.1) is 0 Å². The summed E-state index contributed by atoms with van der Waals surface area (Å²) in [5.41, 5.74) is 2.27. The number of halogens is 3. The molecule has 2 aromatic carbocycles. The van der Waals surface area contributed by atoms with Crippen LogP contribution in [0.15, 0.2) is 54.9 Å². The minimum Gasteiger partial charge on any atom is -0.454 e.